The Kier molecular flexibility index (Phi) is 9.01. The molecule has 0 saturated heterocycles. The monoisotopic (exact) mass is 570 g/mol. The number of amides is 1. The van der Waals surface area contributed by atoms with Gasteiger partial charge in [0.05, 0.1) is 10.6 Å². The average molecular weight is 572 g/mol. The van der Waals surface area contributed by atoms with Gasteiger partial charge in [-0.15, -0.1) is 0 Å². The molecule has 0 radical (unpaired) electrons. The molecule has 0 aliphatic rings. The van der Waals surface area contributed by atoms with E-state index in [-0.39, 0.29) is 35.6 Å². The molecule has 0 aliphatic heterocycles. The Morgan fingerprint density at radius 3 is 1.92 bits per heavy atom. The molecule has 0 heterocycles. The molecule has 192 valence electrons. The molecule has 0 fully saturated rings. The first-order chi connectivity index (χ1) is 16.9. The number of hydrogen-bond acceptors (Lipinski definition) is 3. The Morgan fingerprint density at radius 1 is 0.889 bits per heavy atom. The smallest absolute Gasteiger partial charge is 0.264 e. The fourth-order valence-corrected chi connectivity index (χ4v) is 6.03. The first kappa shape index (κ1) is 27.9. The maximum Gasteiger partial charge on any atom is 0.264 e. The van der Waals surface area contributed by atoms with Gasteiger partial charge in [-0.2, -0.15) is 0 Å². The van der Waals surface area contributed by atoms with Crippen LogP contribution in [0.25, 0.3) is 0 Å². The van der Waals surface area contributed by atoms with Crippen molar-refractivity contribution in [1.82, 2.24) is 0 Å². The summed E-state index contributed by atoms with van der Waals surface area (Å²) in [5.41, 5.74) is 5.44. The number of benzene rings is 3. The van der Waals surface area contributed by atoms with Gasteiger partial charge < -0.3 is 5.32 Å². The number of sulfonamides is 1. The fourth-order valence-electron chi connectivity index (χ4n) is 4.32. The molecule has 3 aromatic carbocycles. The minimum absolute atomic E-state index is 0.0205. The van der Waals surface area contributed by atoms with E-state index in [0.29, 0.717) is 5.69 Å². The standard InChI is InChI=1S/C29H35BrN2O3S/c1-19(2)26-8-7-9-27(20(3)4)29(26)31-28(33)14-15-32(24-17-21(5)16-22(6)18-24)36(34,35)25-12-10-23(30)11-13-25/h7-13,16-20H,14-15H2,1-6H3,(H,31,33). The average Bonchev–Trinajstić information content (AvgIpc) is 2.78. The molecule has 0 saturated carbocycles. The topological polar surface area (TPSA) is 66.5 Å². The van der Waals surface area contributed by atoms with Gasteiger partial charge in [-0.1, -0.05) is 67.9 Å². The van der Waals surface area contributed by atoms with Crippen LogP contribution in [0.15, 0.2) is 70.0 Å². The van der Waals surface area contributed by atoms with Crippen LogP contribution in [0.3, 0.4) is 0 Å². The molecule has 3 aromatic rings. The minimum Gasteiger partial charge on any atom is -0.326 e. The second-order valence-corrected chi connectivity index (χ2v) is 12.6. The summed E-state index contributed by atoms with van der Waals surface area (Å²) < 4.78 is 29.5. The molecule has 0 spiro atoms. The summed E-state index contributed by atoms with van der Waals surface area (Å²) in [6, 6.07) is 18.3. The summed E-state index contributed by atoms with van der Waals surface area (Å²) in [7, 11) is -3.88. The van der Waals surface area contributed by atoms with Crippen molar-refractivity contribution in [2.45, 2.75) is 64.7 Å². The Morgan fingerprint density at radius 2 is 1.42 bits per heavy atom. The van der Waals surface area contributed by atoms with Crippen molar-refractivity contribution in [3.05, 3.63) is 87.4 Å². The predicted molar refractivity (Wildman–Crippen MR) is 152 cm³/mol. The molecule has 3 rings (SSSR count). The molecular weight excluding hydrogens is 536 g/mol. The Balaban J connectivity index is 1.94. The minimum atomic E-state index is -3.88. The van der Waals surface area contributed by atoms with Gasteiger partial charge in [0.25, 0.3) is 10.0 Å². The number of aryl methyl sites for hydroxylation is 2. The summed E-state index contributed by atoms with van der Waals surface area (Å²) in [5.74, 6) is 0.262. The molecule has 0 aliphatic carbocycles. The Hall–Kier alpha value is -2.64. The number of anilines is 2. The van der Waals surface area contributed by atoms with Crippen molar-refractivity contribution in [1.29, 1.82) is 0 Å². The lowest BCUT2D eigenvalue weighted by Gasteiger charge is -2.26. The zero-order valence-corrected chi connectivity index (χ0v) is 24.2. The van der Waals surface area contributed by atoms with Crippen LogP contribution in [-0.2, 0) is 14.8 Å². The fraction of sp³-hybridized carbons (Fsp3) is 0.345. The quantitative estimate of drug-likeness (QED) is 0.289. The Bertz CT molecular complexity index is 1290. The molecule has 0 atom stereocenters. The maximum absolute atomic E-state index is 13.7. The van der Waals surface area contributed by atoms with Gasteiger partial charge in [-0.05, 0) is 84.3 Å². The third-order valence-electron chi connectivity index (χ3n) is 6.08. The van der Waals surface area contributed by atoms with E-state index < -0.39 is 10.0 Å². The third-order valence-corrected chi connectivity index (χ3v) is 8.45. The van der Waals surface area contributed by atoms with Crippen molar-refractivity contribution in [3.63, 3.8) is 0 Å². The zero-order chi connectivity index (χ0) is 26.6. The van der Waals surface area contributed by atoms with E-state index in [1.165, 1.54) is 4.31 Å². The largest absolute Gasteiger partial charge is 0.326 e. The lowest BCUT2D eigenvalue weighted by molar-refractivity contribution is -0.116. The highest BCUT2D eigenvalue weighted by Crippen LogP contribution is 2.33. The van der Waals surface area contributed by atoms with Crippen LogP contribution in [0.2, 0.25) is 0 Å². The lowest BCUT2D eigenvalue weighted by Crippen LogP contribution is -2.34. The molecule has 1 amide bonds. The molecule has 0 unspecified atom stereocenters. The number of para-hydroxylation sites is 1. The number of carbonyl (C=O) groups is 1. The predicted octanol–water partition coefficient (Wildman–Crippen LogP) is 7.54. The van der Waals surface area contributed by atoms with Gasteiger partial charge >= 0.3 is 0 Å². The highest BCUT2D eigenvalue weighted by atomic mass is 79.9. The second kappa shape index (κ2) is 11.6. The summed E-state index contributed by atoms with van der Waals surface area (Å²) in [5, 5.41) is 3.10. The lowest BCUT2D eigenvalue weighted by atomic mass is 9.92. The van der Waals surface area contributed by atoms with Crippen LogP contribution in [0.5, 0.6) is 0 Å². The second-order valence-electron chi connectivity index (χ2n) is 9.80. The highest BCUT2D eigenvalue weighted by Gasteiger charge is 2.26. The van der Waals surface area contributed by atoms with E-state index in [9.17, 15) is 13.2 Å². The SMILES string of the molecule is Cc1cc(C)cc(N(CCC(=O)Nc2c(C(C)C)cccc2C(C)C)S(=O)(=O)c2ccc(Br)cc2)c1. The van der Waals surface area contributed by atoms with E-state index >= 15 is 0 Å². The summed E-state index contributed by atoms with van der Waals surface area (Å²) in [6.45, 7) is 12.3. The van der Waals surface area contributed by atoms with E-state index in [1.54, 1.807) is 24.3 Å². The van der Waals surface area contributed by atoms with Gasteiger partial charge in [0.2, 0.25) is 5.91 Å². The third kappa shape index (κ3) is 6.56. The molecule has 5 nitrogen and oxygen atoms in total. The highest BCUT2D eigenvalue weighted by molar-refractivity contribution is 9.10. The number of nitrogens with zero attached hydrogens (tertiary/aromatic N) is 1. The number of carbonyl (C=O) groups excluding carboxylic acids is 1. The van der Waals surface area contributed by atoms with Gasteiger partial charge in [0.1, 0.15) is 0 Å². The van der Waals surface area contributed by atoms with Crippen LogP contribution >= 0.6 is 15.9 Å². The molecule has 7 heteroatoms. The van der Waals surface area contributed by atoms with E-state index in [1.807, 2.05) is 50.2 Å². The zero-order valence-electron chi connectivity index (χ0n) is 21.8. The molecule has 1 N–H and O–H groups in total. The van der Waals surface area contributed by atoms with Crippen molar-refractivity contribution >= 4 is 43.2 Å². The van der Waals surface area contributed by atoms with Gasteiger partial charge in [-0.3, -0.25) is 9.10 Å². The summed E-state index contributed by atoms with van der Waals surface area (Å²) >= 11 is 3.36. The van der Waals surface area contributed by atoms with Crippen LogP contribution in [-0.4, -0.2) is 20.9 Å². The Labute approximate surface area is 224 Å². The van der Waals surface area contributed by atoms with E-state index in [2.05, 4.69) is 48.9 Å². The van der Waals surface area contributed by atoms with Crippen LogP contribution in [0.4, 0.5) is 11.4 Å². The first-order valence-corrected chi connectivity index (χ1v) is 14.4. The first-order valence-electron chi connectivity index (χ1n) is 12.2. The number of halogens is 1. The van der Waals surface area contributed by atoms with Crippen LogP contribution in [0, 0.1) is 13.8 Å². The normalized spacial score (nSPS) is 11.7. The van der Waals surface area contributed by atoms with E-state index in [0.717, 1.165) is 32.4 Å². The molecule has 36 heavy (non-hydrogen) atoms. The summed E-state index contributed by atoms with van der Waals surface area (Å²) in [4.78, 5) is 13.4. The van der Waals surface area contributed by atoms with Crippen molar-refractivity contribution in [3.8, 4) is 0 Å². The molecule has 0 bridgehead atoms. The van der Waals surface area contributed by atoms with Crippen molar-refractivity contribution < 1.29 is 13.2 Å². The van der Waals surface area contributed by atoms with Crippen molar-refractivity contribution in [2.24, 2.45) is 0 Å². The van der Waals surface area contributed by atoms with Crippen LogP contribution < -0.4 is 9.62 Å². The number of rotatable bonds is 9. The molecule has 0 aromatic heterocycles. The van der Waals surface area contributed by atoms with E-state index in [4.69, 9.17) is 0 Å². The van der Waals surface area contributed by atoms with Crippen LogP contribution in [0.1, 0.15) is 68.2 Å². The van der Waals surface area contributed by atoms with Gasteiger partial charge in [0.15, 0.2) is 0 Å². The van der Waals surface area contributed by atoms with Gasteiger partial charge in [0, 0.05) is 23.1 Å². The van der Waals surface area contributed by atoms with Crippen molar-refractivity contribution in [2.75, 3.05) is 16.2 Å². The number of hydrogen-bond donors (Lipinski definition) is 1. The molecular formula is C29H35BrN2O3S. The number of nitrogens with one attached hydrogen (secondary N) is 1. The van der Waals surface area contributed by atoms with Gasteiger partial charge in [-0.25, -0.2) is 8.42 Å². The summed E-state index contributed by atoms with van der Waals surface area (Å²) in [6.07, 6.45) is 0.0205. The maximum atomic E-state index is 13.7.